The Kier molecular flexibility index (Phi) is 5.66. The van der Waals surface area contributed by atoms with Crippen molar-refractivity contribution in [2.75, 3.05) is 16.8 Å². The van der Waals surface area contributed by atoms with Gasteiger partial charge in [-0.1, -0.05) is 46.3 Å². The number of benzene rings is 2. The fourth-order valence-corrected chi connectivity index (χ4v) is 3.08. The molecule has 3 rings (SSSR count). The number of halogens is 1. The Hall–Kier alpha value is -2.40. The maximum absolute atomic E-state index is 4.69. The van der Waals surface area contributed by atoms with Crippen molar-refractivity contribution in [1.29, 1.82) is 0 Å². The first-order valence-electron chi connectivity index (χ1n) is 8.31. The van der Waals surface area contributed by atoms with E-state index in [0.717, 1.165) is 40.6 Å². The molecule has 0 saturated heterocycles. The van der Waals surface area contributed by atoms with Crippen LogP contribution in [0.2, 0.25) is 0 Å². The van der Waals surface area contributed by atoms with Crippen LogP contribution >= 0.6 is 15.9 Å². The van der Waals surface area contributed by atoms with Crippen molar-refractivity contribution in [1.82, 2.24) is 9.97 Å². The number of anilines is 3. The zero-order valence-electron chi connectivity index (χ0n) is 14.4. The second kappa shape index (κ2) is 8.12. The van der Waals surface area contributed by atoms with Gasteiger partial charge in [0, 0.05) is 29.4 Å². The molecule has 0 aliphatic heterocycles. The molecule has 0 atom stereocenters. The average Bonchev–Trinajstić information content (AvgIpc) is 2.63. The highest BCUT2D eigenvalue weighted by Crippen LogP contribution is 2.23. The summed E-state index contributed by atoms with van der Waals surface area (Å²) in [7, 11) is 0. The van der Waals surface area contributed by atoms with Gasteiger partial charge in [-0.25, -0.2) is 4.98 Å². The molecule has 0 saturated carbocycles. The van der Waals surface area contributed by atoms with Crippen molar-refractivity contribution < 1.29 is 0 Å². The first-order chi connectivity index (χ1) is 12.2. The molecule has 1 heterocycles. The summed E-state index contributed by atoms with van der Waals surface area (Å²) in [4.78, 5) is 11.3. The minimum absolute atomic E-state index is 0.728. The number of nitrogens with zero attached hydrogens (tertiary/aromatic N) is 3. The Morgan fingerprint density at radius 2 is 1.88 bits per heavy atom. The molecule has 0 spiro atoms. The maximum atomic E-state index is 4.69. The number of nitrogens with one attached hydrogen (secondary N) is 1. The fourth-order valence-electron chi connectivity index (χ4n) is 2.60. The molecule has 0 fully saturated rings. The van der Waals surface area contributed by atoms with E-state index in [1.807, 2.05) is 24.3 Å². The fraction of sp³-hybridized carbons (Fsp3) is 0.200. The van der Waals surface area contributed by atoms with Crippen LogP contribution in [-0.4, -0.2) is 16.5 Å². The van der Waals surface area contributed by atoms with E-state index in [1.165, 1.54) is 5.56 Å². The van der Waals surface area contributed by atoms with Gasteiger partial charge >= 0.3 is 0 Å². The van der Waals surface area contributed by atoms with Crippen LogP contribution in [0.15, 0.2) is 65.3 Å². The molecular weight excluding hydrogens is 376 g/mol. The average molecular weight is 397 g/mol. The monoisotopic (exact) mass is 396 g/mol. The van der Waals surface area contributed by atoms with Gasteiger partial charge in [-0.05, 0) is 49.2 Å². The van der Waals surface area contributed by atoms with Crippen LogP contribution in [0.1, 0.15) is 18.1 Å². The summed E-state index contributed by atoms with van der Waals surface area (Å²) in [5.41, 5.74) is 3.44. The summed E-state index contributed by atoms with van der Waals surface area (Å²) in [6, 6.07) is 18.4. The lowest BCUT2D eigenvalue weighted by atomic mass is 10.2. The van der Waals surface area contributed by atoms with Crippen LogP contribution in [0, 0.1) is 6.92 Å². The Labute approximate surface area is 157 Å². The Morgan fingerprint density at radius 1 is 1.08 bits per heavy atom. The molecule has 25 heavy (non-hydrogen) atoms. The molecule has 128 valence electrons. The quantitative estimate of drug-likeness (QED) is 0.612. The van der Waals surface area contributed by atoms with Gasteiger partial charge in [0.15, 0.2) is 0 Å². The third-order valence-corrected chi connectivity index (χ3v) is 4.47. The van der Waals surface area contributed by atoms with Crippen molar-refractivity contribution in [3.63, 3.8) is 0 Å². The van der Waals surface area contributed by atoms with Gasteiger partial charge in [0.05, 0.1) is 0 Å². The Bertz CT molecular complexity index is 836. The highest BCUT2D eigenvalue weighted by molar-refractivity contribution is 9.10. The van der Waals surface area contributed by atoms with Gasteiger partial charge in [-0.2, -0.15) is 4.98 Å². The molecule has 0 bridgehead atoms. The minimum atomic E-state index is 0.728. The van der Waals surface area contributed by atoms with Crippen LogP contribution in [0.25, 0.3) is 0 Å². The number of hydrogen-bond acceptors (Lipinski definition) is 4. The molecule has 1 N–H and O–H groups in total. The SMILES string of the molecule is CCN(Cc1ccccc1)c1nccc(Nc2ccc(Br)cc2C)n1. The van der Waals surface area contributed by atoms with Gasteiger partial charge in [0.2, 0.25) is 5.95 Å². The Balaban J connectivity index is 1.80. The first kappa shape index (κ1) is 17.4. The molecule has 4 nitrogen and oxygen atoms in total. The third-order valence-electron chi connectivity index (χ3n) is 3.97. The standard InChI is InChI=1S/C20H21BrN4/c1-3-25(14-16-7-5-4-6-8-16)20-22-12-11-19(24-20)23-18-10-9-17(21)13-15(18)2/h4-13H,3,14H2,1-2H3,(H,22,23,24). The number of rotatable bonds is 6. The van der Waals surface area contributed by atoms with E-state index in [-0.39, 0.29) is 0 Å². The summed E-state index contributed by atoms with van der Waals surface area (Å²) >= 11 is 3.49. The van der Waals surface area contributed by atoms with Crippen molar-refractivity contribution in [3.05, 3.63) is 76.4 Å². The molecule has 0 amide bonds. The maximum Gasteiger partial charge on any atom is 0.227 e. The van der Waals surface area contributed by atoms with Crippen LogP contribution in [0.4, 0.5) is 17.5 Å². The molecule has 0 aliphatic rings. The van der Waals surface area contributed by atoms with Crippen molar-refractivity contribution >= 4 is 33.4 Å². The van der Waals surface area contributed by atoms with Crippen molar-refractivity contribution in [2.24, 2.45) is 0 Å². The van der Waals surface area contributed by atoms with Crippen LogP contribution < -0.4 is 10.2 Å². The van der Waals surface area contributed by atoms with Crippen LogP contribution in [-0.2, 0) is 6.54 Å². The van der Waals surface area contributed by atoms with Gasteiger partial charge < -0.3 is 10.2 Å². The van der Waals surface area contributed by atoms with E-state index in [2.05, 4.69) is 75.3 Å². The first-order valence-corrected chi connectivity index (χ1v) is 9.10. The Morgan fingerprint density at radius 3 is 2.60 bits per heavy atom. The highest BCUT2D eigenvalue weighted by Gasteiger charge is 2.10. The third kappa shape index (κ3) is 4.57. The van der Waals surface area contributed by atoms with E-state index in [4.69, 9.17) is 4.98 Å². The van der Waals surface area contributed by atoms with Gasteiger partial charge in [-0.3, -0.25) is 0 Å². The molecule has 5 heteroatoms. The van der Waals surface area contributed by atoms with Gasteiger partial charge in [0.25, 0.3) is 0 Å². The molecule has 1 aromatic heterocycles. The van der Waals surface area contributed by atoms with Crippen molar-refractivity contribution in [2.45, 2.75) is 20.4 Å². The van der Waals surface area contributed by atoms with E-state index >= 15 is 0 Å². The predicted octanol–water partition coefficient (Wildman–Crippen LogP) is 5.32. The summed E-state index contributed by atoms with van der Waals surface area (Å²) in [5, 5.41) is 3.38. The topological polar surface area (TPSA) is 41.1 Å². The van der Waals surface area contributed by atoms with Crippen LogP contribution in [0.5, 0.6) is 0 Å². The minimum Gasteiger partial charge on any atom is -0.340 e. The molecule has 0 unspecified atom stereocenters. The molecule has 3 aromatic rings. The van der Waals surface area contributed by atoms with E-state index in [0.29, 0.717) is 0 Å². The highest BCUT2D eigenvalue weighted by atomic mass is 79.9. The summed E-state index contributed by atoms with van der Waals surface area (Å²) in [5.74, 6) is 1.52. The second-order valence-corrected chi connectivity index (χ2v) is 6.74. The number of hydrogen-bond donors (Lipinski definition) is 1. The molecular formula is C20H21BrN4. The largest absolute Gasteiger partial charge is 0.340 e. The second-order valence-electron chi connectivity index (χ2n) is 5.83. The van der Waals surface area contributed by atoms with Gasteiger partial charge in [0.1, 0.15) is 5.82 Å². The zero-order chi connectivity index (χ0) is 17.6. The summed E-state index contributed by atoms with van der Waals surface area (Å²) in [6.45, 7) is 5.82. The predicted molar refractivity (Wildman–Crippen MR) is 107 cm³/mol. The van der Waals surface area contributed by atoms with Crippen molar-refractivity contribution in [3.8, 4) is 0 Å². The lowest BCUT2D eigenvalue weighted by Crippen LogP contribution is -2.24. The zero-order valence-corrected chi connectivity index (χ0v) is 16.0. The lowest BCUT2D eigenvalue weighted by Gasteiger charge is -2.21. The molecule has 0 radical (unpaired) electrons. The smallest absolute Gasteiger partial charge is 0.227 e. The summed E-state index contributed by atoms with van der Waals surface area (Å²) in [6.07, 6.45) is 1.80. The molecule has 2 aromatic carbocycles. The molecule has 0 aliphatic carbocycles. The normalized spacial score (nSPS) is 10.5. The lowest BCUT2D eigenvalue weighted by molar-refractivity contribution is 0.792. The summed E-state index contributed by atoms with van der Waals surface area (Å²) < 4.78 is 1.07. The number of aryl methyl sites for hydroxylation is 1. The van der Waals surface area contributed by atoms with E-state index in [1.54, 1.807) is 6.20 Å². The van der Waals surface area contributed by atoms with Gasteiger partial charge in [-0.15, -0.1) is 0 Å². The number of aromatic nitrogens is 2. The van der Waals surface area contributed by atoms with Crippen LogP contribution in [0.3, 0.4) is 0 Å². The van der Waals surface area contributed by atoms with E-state index in [9.17, 15) is 0 Å². The van der Waals surface area contributed by atoms with E-state index < -0.39 is 0 Å².